The van der Waals surface area contributed by atoms with Gasteiger partial charge in [0, 0.05) is 59.7 Å². The summed E-state index contributed by atoms with van der Waals surface area (Å²) in [6.07, 6.45) is 5.61. The summed E-state index contributed by atoms with van der Waals surface area (Å²) in [4.78, 5) is 9.92. The standard InChI is InChI=1S/C49H63NO21S5/c1-33-14-15-37-39(29-35(73(56,57)58)31-42(37)75(62,63)64)46(33)48(3,18-10-28-72(53,54)55)34(2)11-9-12-44-49(4,19-21-69-24-25-71-27-26-70-23-22-68-5)47-40-30-36(74(59,60)61)32-43(76(65,66)67)38(40)16-17-41(47)50(44)20-8-6-7-13-45(51)52/h9,11-12,14-17,29-32H,2,6-8,10,13,18-28H2,1,3-5H3,(H,51,52)(H,53,54,55)(H,56,57,58)(H,59,60,61)(H,62,63,64)(H,65,66,67)/b11-9+,44-12+. The van der Waals surface area contributed by atoms with Gasteiger partial charge in [0.15, 0.2) is 0 Å². The van der Waals surface area contributed by atoms with Crippen LogP contribution in [-0.2, 0) is 85.2 Å². The van der Waals surface area contributed by atoms with Gasteiger partial charge in [0.25, 0.3) is 50.6 Å². The van der Waals surface area contributed by atoms with Gasteiger partial charge in [0.05, 0.1) is 55.2 Å². The van der Waals surface area contributed by atoms with Gasteiger partial charge in [-0.3, -0.25) is 27.6 Å². The fourth-order valence-electron chi connectivity index (χ4n) is 9.61. The minimum atomic E-state index is -5.14. The van der Waals surface area contributed by atoms with Gasteiger partial charge < -0.3 is 29.0 Å². The number of hydrogen-bond acceptors (Lipinski definition) is 16. The molecule has 2 unspecified atom stereocenters. The first-order valence-electron chi connectivity index (χ1n) is 23.6. The highest BCUT2D eigenvalue weighted by atomic mass is 32.2. The number of anilines is 1. The first-order valence-corrected chi connectivity index (χ1v) is 31.0. The van der Waals surface area contributed by atoms with Crippen LogP contribution in [-0.4, -0.2) is 142 Å². The molecule has 22 nitrogen and oxygen atoms in total. The maximum Gasteiger partial charge on any atom is 0.303 e. The fourth-order valence-corrected chi connectivity index (χ4v) is 12.8. The third-order valence-electron chi connectivity index (χ3n) is 13.3. The van der Waals surface area contributed by atoms with Crippen molar-refractivity contribution in [2.24, 2.45) is 0 Å². The van der Waals surface area contributed by atoms with Crippen LogP contribution in [0.3, 0.4) is 0 Å². The van der Waals surface area contributed by atoms with Crippen LogP contribution in [0.2, 0.25) is 0 Å². The van der Waals surface area contributed by atoms with E-state index in [1.807, 2.05) is 4.90 Å². The number of ether oxygens (including phenoxy) is 4. The molecule has 76 heavy (non-hydrogen) atoms. The van der Waals surface area contributed by atoms with Crippen molar-refractivity contribution in [1.82, 2.24) is 0 Å². The predicted molar refractivity (Wildman–Crippen MR) is 281 cm³/mol. The number of carboxylic acids is 1. The summed E-state index contributed by atoms with van der Waals surface area (Å²) in [6, 6.07) is 9.11. The van der Waals surface area contributed by atoms with Crippen molar-refractivity contribution in [3.8, 4) is 0 Å². The maximum atomic E-state index is 12.9. The quantitative estimate of drug-likeness (QED) is 0.0179. The molecule has 1 aliphatic rings. The summed E-state index contributed by atoms with van der Waals surface area (Å²) in [6.45, 7) is 11.2. The molecule has 0 saturated carbocycles. The number of nitrogens with zero attached hydrogens (tertiary/aromatic N) is 1. The van der Waals surface area contributed by atoms with Gasteiger partial charge in [0.1, 0.15) is 9.79 Å². The molecular weight excluding hydrogens is 1100 g/mol. The van der Waals surface area contributed by atoms with Gasteiger partial charge in [-0.2, -0.15) is 42.1 Å². The van der Waals surface area contributed by atoms with Crippen LogP contribution in [0, 0.1) is 6.92 Å². The smallest absolute Gasteiger partial charge is 0.303 e. The molecule has 1 aliphatic heterocycles. The van der Waals surface area contributed by atoms with Gasteiger partial charge >= 0.3 is 5.97 Å². The molecule has 0 saturated heterocycles. The largest absolute Gasteiger partial charge is 0.481 e. The van der Waals surface area contributed by atoms with Crippen LogP contribution >= 0.6 is 0 Å². The van der Waals surface area contributed by atoms with Crippen molar-refractivity contribution in [2.45, 2.75) is 96.1 Å². The Labute approximate surface area is 443 Å². The van der Waals surface area contributed by atoms with E-state index in [1.165, 1.54) is 18.2 Å². The Kier molecular flexibility index (Phi) is 20.4. The van der Waals surface area contributed by atoms with Crippen molar-refractivity contribution in [1.29, 1.82) is 0 Å². The van der Waals surface area contributed by atoms with Crippen molar-refractivity contribution in [2.75, 3.05) is 70.6 Å². The molecule has 4 aromatic carbocycles. The van der Waals surface area contributed by atoms with E-state index in [2.05, 4.69) is 6.58 Å². The molecule has 0 fully saturated rings. The van der Waals surface area contributed by atoms with E-state index >= 15 is 0 Å². The average molecular weight is 1160 g/mol. The summed E-state index contributed by atoms with van der Waals surface area (Å²) in [5.74, 6) is -1.73. The number of allylic oxidation sites excluding steroid dienone is 5. The highest BCUT2D eigenvalue weighted by Gasteiger charge is 2.45. The minimum Gasteiger partial charge on any atom is -0.481 e. The summed E-state index contributed by atoms with van der Waals surface area (Å²) in [7, 11) is -23.5. The number of carboxylic acid groups (broad SMARTS) is 1. The summed E-state index contributed by atoms with van der Waals surface area (Å²) in [5, 5.41) is 9.06. The Morgan fingerprint density at radius 3 is 1.74 bits per heavy atom. The Hall–Kier alpha value is -4.72. The van der Waals surface area contributed by atoms with Gasteiger partial charge in [-0.25, -0.2) is 0 Å². The van der Waals surface area contributed by atoms with Crippen LogP contribution in [0.4, 0.5) is 5.69 Å². The number of carbonyl (C=O) groups is 1. The maximum absolute atomic E-state index is 12.9. The number of fused-ring (bicyclic) bond motifs is 4. The molecule has 2 atom stereocenters. The zero-order chi connectivity index (χ0) is 56.7. The zero-order valence-electron chi connectivity index (χ0n) is 42.2. The third kappa shape index (κ3) is 15.3. The molecule has 0 amide bonds. The van der Waals surface area contributed by atoms with Gasteiger partial charge in [-0.15, -0.1) is 0 Å². The lowest BCUT2D eigenvalue weighted by Crippen LogP contribution is -2.31. The van der Waals surface area contributed by atoms with E-state index in [0.29, 0.717) is 73.7 Å². The van der Waals surface area contributed by atoms with E-state index in [4.69, 9.17) is 18.9 Å². The SMILES string of the molecule is C=C(/C=C/C=C1/N(CCCCCC(=O)O)c2ccc3c(S(=O)(=O)O)cc(S(=O)(=O)O)cc3c2C1(C)CCOCCOCCOCCOC)C(C)(CCCS(=O)(=O)O)c1c(C)ccc2c(S(=O)(=O)O)cc(S(=O)(=O)O)cc12. The summed E-state index contributed by atoms with van der Waals surface area (Å²) < 4.78 is 199. The Bertz CT molecular complexity index is 3490. The lowest BCUT2D eigenvalue weighted by molar-refractivity contribution is -0.137. The summed E-state index contributed by atoms with van der Waals surface area (Å²) >= 11 is 0. The van der Waals surface area contributed by atoms with E-state index in [9.17, 15) is 74.8 Å². The normalized spacial score (nSPS) is 17.0. The number of aryl methyl sites for hydroxylation is 1. The van der Waals surface area contributed by atoms with Crippen molar-refractivity contribution < 1.29 is 93.7 Å². The third-order valence-corrected chi connectivity index (χ3v) is 17.5. The predicted octanol–water partition coefficient (Wildman–Crippen LogP) is 6.72. The molecule has 0 aliphatic carbocycles. The number of rotatable bonds is 30. The van der Waals surface area contributed by atoms with Crippen LogP contribution < -0.4 is 4.90 Å². The Morgan fingerprint density at radius 1 is 0.684 bits per heavy atom. The van der Waals surface area contributed by atoms with Crippen LogP contribution in [0.15, 0.2) is 104 Å². The molecule has 420 valence electrons. The number of hydrogen-bond donors (Lipinski definition) is 6. The monoisotopic (exact) mass is 1160 g/mol. The molecule has 0 aromatic heterocycles. The van der Waals surface area contributed by atoms with Crippen LogP contribution in [0.1, 0.15) is 75.5 Å². The molecular formula is C49H63NO21S5. The van der Waals surface area contributed by atoms with Gasteiger partial charge in [-0.05, 0) is 115 Å². The average Bonchev–Trinajstić information content (AvgIpc) is 3.54. The zero-order valence-corrected chi connectivity index (χ0v) is 46.2. The lowest BCUT2D eigenvalue weighted by Gasteiger charge is -2.34. The van der Waals surface area contributed by atoms with Crippen LogP contribution in [0.25, 0.3) is 21.5 Å². The molecule has 0 radical (unpaired) electrons. The molecule has 0 bridgehead atoms. The van der Waals surface area contributed by atoms with Crippen LogP contribution in [0.5, 0.6) is 0 Å². The molecule has 6 N–H and O–H groups in total. The first kappa shape index (κ1) is 62.1. The molecule has 0 spiro atoms. The number of unbranched alkanes of at least 4 members (excludes halogenated alkanes) is 2. The Balaban J connectivity index is 1.73. The van der Waals surface area contributed by atoms with E-state index in [1.54, 1.807) is 52.2 Å². The van der Waals surface area contributed by atoms with Crippen molar-refractivity contribution in [3.63, 3.8) is 0 Å². The summed E-state index contributed by atoms with van der Waals surface area (Å²) in [5.41, 5.74) is -0.550. The van der Waals surface area contributed by atoms with E-state index in [-0.39, 0.29) is 91.3 Å². The van der Waals surface area contributed by atoms with E-state index < -0.39 is 92.7 Å². The topological polar surface area (TPSA) is 349 Å². The first-order chi connectivity index (χ1) is 35.3. The minimum absolute atomic E-state index is 0.0205. The van der Waals surface area contributed by atoms with Crippen molar-refractivity contribution in [3.05, 3.63) is 101 Å². The van der Waals surface area contributed by atoms with Crippen molar-refractivity contribution >= 4 is 83.8 Å². The number of methoxy groups -OCH3 is 1. The second-order valence-electron chi connectivity index (χ2n) is 18.6. The second kappa shape index (κ2) is 24.9. The second-order valence-corrected chi connectivity index (χ2v) is 25.8. The number of benzene rings is 4. The number of aliphatic carboxylic acids is 1. The van der Waals surface area contributed by atoms with Gasteiger partial charge in [0.2, 0.25) is 0 Å². The lowest BCUT2D eigenvalue weighted by atomic mass is 9.70. The molecule has 27 heteroatoms. The Morgan fingerprint density at radius 2 is 1.21 bits per heavy atom. The highest BCUT2D eigenvalue weighted by molar-refractivity contribution is 7.87. The molecule has 1 heterocycles. The van der Waals surface area contributed by atoms with E-state index in [0.717, 1.165) is 12.1 Å². The van der Waals surface area contributed by atoms with Gasteiger partial charge in [-0.1, -0.05) is 50.3 Å². The molecule has 4 aromatic rings. The molecule has 5 rings (SSSR count). The highest BCUT2D eigenvalue weighted by Crippen LogP contribution is 2.54. The fraction of sp³-hybridized carbons (Fsp3) is 0.449.